The minimum atomic E-state index is -5.10. The topological polar surface area (TPSA) is 99.0 Å². The van der Waals surface area contributed by atoms with Crippen molar-refractivity contribution in [2.24, 2.45) is 0 Å². The average Bonchev–Trinajstić information content (AvgIpc) is 3.38. The number of methoxy groups -OCH3 is 1. The van der Waals surface area contributed by atoms with Gasteiger partial charge in [0.1, 0.15) is 10.7 Å². The number of carbonyl (C=O) groups excluding carboxylic acids is 2. The molecule has 3 aromatic rings. The monoisotopic (exact) mass is 507 g/mol. The lowest BCUT2D eigenvalue weighted by molar-refractivity contribution is -0.143. The quantitative estimate of drug-likeness (QED) is 0.407. The van der Waals surface area contributed by atoms with Crippen LogP contribution in [0.15, 0.2) is 24.4 Å². The summed E-state index contributed by atoms with van der Waals surface area (Å²) >= 11 is 0.900. The number of rotatable bonds is 5. The van der Waals surface area contributed by atoms with Crippen LogP contribution < -0.4 is 5.32 Å². The Morgan fingerprint density at radius 3 is 2.21 bits per heavy atom. The zero-order valence-corrected chi connectivity index (χ0v) is 18.4. The first-order valence-corrected chi connectivity index (χ1v) is 10.1. The van der Waals surface area contributed by atoms with E-state index < -0.39 is 47.0 Å². The fraction of sp³-hybridized carbons (Fsp3) is 0.316. The van der Waals surface area contributed by atoms with Gasteiger partial charge in [-0.05, 0) is 32.0 Å². The fourth-order valence-corrected chi connectivity index (χ4v) is 3.64. The van der Waals surface area contributed by atoms with Gasteiger partial charge in [-0.2, -0.15) is 31.0 Å². The van der Waals surface area contributed by atoms with Crippen molar-refractivity contribution in [2.45, 2.75) is 32.2 Å². The summed E-state index contributed by atoms with van der Waals surface area (Å²) in [6, 6.07) is -0.419. The SMILES string of the molecule is COC(=O)c1cnc(-n2nc(C)nc2C(C)NC(=O)c2cc(C(F)(F)F)cc(C(F)(F)F)c2)s1. The van der Waals surface area contributed by atoms with E-state index in [0.29, 0.717) is 12.1 Å². The normalized spacial score (nSPS) is 13.0. The number of aryl methyl sites for hydroxylation is 1. The van der Waals surface area contributed by atoms with Crippen molar-refractivity contribution in [2.75, 3.05) is 7.11 Å². The molecule has 15 heteroatoms. The molecule has 0 saturated heterocycles. The number of halogens is 6. The number of carbonyl (C=O) groups is 2. The van der Waals surface area contributed by atoms with Crippen molar-refractivity contribution in [3.8, 4) is 5.13 Å². The minimum absolute atomic E-state index is 0.0679. The van der Waals surface area contributed by atoms with Gasteiger partial charge in [0.05, 0.1) is 30.5 Å². The lowest BCUT2D eigenvalue weighted by Gasteiger charge is -2.16. The standard InChI is InChI=1S/C19H15F6N5O3S/c1-8(14-28-9(2)29-30(14)17-26-7-13(34-17)16(32)33-3)27-15(31)10-4-11(18(20,21)22)6-12(5-10)19(23,24)25/h4-8H,1-3H3,(H,27,31). The molecule has 0 radical (unpaired) electrons. The number of alkyl halides is 6. The molecule has 2 aromatic heterocycles. The Morgan fingerprint density at radius 2 is 1.68 bits per heavy atom. The molecule has 1 aromatic carbocycles. The lowest BCUT2D eigenvalue weighted by Crippen LogP contribution is -2.29. The van der Waals surface area contributed by atoms with E-state index in [0.717, 1.165) is 11.3 Å². The summed E-state index contributed by atoms with van der Waals surface area (Å²) in [5, 5.41) is 6.62. The molecule has 1 N–H and O–H groups in total. The molecule has 0 bridgehead atoms. The number of esters is 1. The number of ether oxygens (including phenoxy) is 1. The third-order valence-corrected chi connectivity index (χ3v) is 5.34. The van der Waals surface area contributed by atoms with Gasteiger partial charge < -0.3 is 10.1 Å². The van der Waals surface area contributed by atoms with E-state index in [4.69, 9.17) is 0 Å². The van der Waals surface area contributed by atoms with Crippen molar-refractivity contribution in [3.05, 3.63) is 57.6 Å². The Bertz CT molecular complexity index is 1200. The summed E-state index contributed by atoms with van der Waals surface area (Å²) in [5.41, 5.74) is -4.06. The molecule has 3 rings (SSSR count). The summed E-state index contributed by atoms with van der Waals surface area (Å²) in [4.78, 5) is 32.6. The minimum Gasteiger partial charge on any atom is -0.465 e. The first-order chi connectivity index (χ1) is 15.7. The Hall–Kier alpha value is -3.49. The van der Waals surface area contributed by atoms with Gasteiger partial charge in [0.15, 0.2) is 5.82 Å². The molecular formula is C19H15F6N5O3S. The van der Waals surface area contributed by atoms with Gasteiger partial charge in [-0.1, -0.05) is 11.3 Å². The average molecular weight is 507 g/mol. The lowest BCUT2D eigenvalue weighted by atomic mass is 10.0. The van der Waals surface area contributed by atoms with Gasteiger partial charge in [-0.15, -0.1) is 5.10 Å². The van der Waals surface area contributed by atoms with Crippen LogP contribution in [0, 0.1) is 6.92 Å². The van der Waals surface area contributed by atoms with Gasteiger partial charge in [0, 0.05) is 5.56 Å². The molecule has 182 valence electrons. The van der Waals surface area contributed by atoms with Gasteiger partial charge in [-0.25, -0.2) is 14.8 Å². The number of nitrogens with zero attached hydrogens (tertiary/aromatic N) is 4. The van der Waals surface area contributed by atoms with Crippen LogP contribution in [-0.4, -0.2) is 38.7 Å². The first kappa shape index (κ1) is 25.1. The number of hydrogen-bond donors (Lipinski definition) is 1. The Kier molecular flexibility index (Phi) is 6.68. The predicted molar refractivity (Wildman–Crippen MR) is 105 cm³/mol. The highest BCUT2D eigenvalue weighted by molar-refractivity contribution is 7.15. The van der Waals surface area contributed by atoms with Crippen LogP contribution in [-0.2, 0) is 17.1 Å². The van der Waals surface area contributed by atoms with E-state index in [9.17, 15) is 35.9 Å². The summed E-state index contributed by atoms with van der Waals surface area (Å²) < 4.78 is 84.4. The maximum Gasteiger partial charge on any atom is 0.416 e. The maximum absolute atomic E-state index is 13.1. The van der Waals surface area contributed by atoms with Crippen LogP contribution in [0.1, 0.15) is 55.8 Å². The van der Waals surface area contributed by atoms with Gasteiger partial charge in [0.2, 0.25) is 5.13 Å². The van der Waals surface area contributed by atoms with E-state index in [1.165, 1.54) is 31.8 Å². The van der Waals surface area contributed by atoms with E-state index in [1.54, 1.807) is 0 Å². The van der Waals surface area contributed by atoms with E-state index in [1.807, 2.05) is 0 Å². The van der Waals surface area contributed by atoms with Crippen LogP contribution in [0.2, 0.25) is 0 Å². The number of thiazole rings is 1. The third-order valence-electron chi connectivity index (χ3n) is 4.38. The van der Waals surface area contributed by atoms with Crippen molar-refractivity contribution >= 4 is 23.2 Å². The number of hydrogen-bond acceptors (Lipinski definition) is 7. The summed E-state index contributed by atoms with van der Waals surface area (Å²) in [6.45, 7) is 2.93. The van der Waals surface area contributed by atoms with E-state index in [2.05, 4.69) is 25.1 Å². The fourth-order valence-electron chi connectivity index (χ4n) is 2.84. The zero-order valence-electron chi connectivity index (χ0n) is 17.6. The van der Waals surface area contributed by atoms with Crippen LogP contribution in [0.4, 0.5) is 26.3 Å². The molecule has 34 heavy (non-hydrogen) atoms. The highest BCUT2D eigenvalue weighted by atomic mass is 32.1. The highest BCUT2D eigenvalue weighted by Crippen LogP contribution is 2.36. The molecule has 0 aliphatic rings. The van der Waals surface area contributed by atoms with E-state index >= 15 is 0 Å². The molecular weight excluding hydrogens is 492 g/mol. The number of nitrogens with one attached hydrogen (secondary N) is 1. The van der Waals surface area contributed by atoms with Crippen LogP contribution in [0.5, 0.6) is 0 Å². The molecule has 1 amide bonds. The molecule has 0 saturated carbocycles. The van der Waals surface area contributed by atoms with Crippen LogP contribution in [0.25, 0.3) is 5.13 Å². The molecule has 2 heterocycles. The second-order valence-corrected chi connectivity index (χ2v) is 7.93. The highest BCUT2D eigenvalue weighted by Gasteiger charge is 2.37. The largest absolute Gasteiger partial charge is 0.465 e. The van der Waals surface area contributed by atoms with Gasteiger partial charge in [0.25, 0.3) is 5.91 Å². The Morgan fingerprint density at radius 1 is 1.09 bits per heavy atom. The molecule has 8 nitrogen and oxygen atoms in total. The molecule has 0 spiro atoms. The number of amides is 1. The van der Waals surface area contributed by atoms with Crippen molar-refractivity contribution in [1.82, 2.24) is 25.1 Å². The van der Waals surface area contributed by atoms with Gasteiger partial charge >= 0.3 is 18.3 Å². The van der Waals surface area contributed by atoms with Gasteiger partial charge in [-0.3, -0.25) is 4.79 Å². The van der Waals surface area contributed by atoms with Crippen LogP contribution >= 0.6 is 11.3 Å². The second kappa shape index (κ2) is 9.04. The smallest absolute Gasteiger partial charge is 0.416 e. The zero-order chi connectivity index (χ0) is 25.4. The van der Waals surface area contributed by atoms with Crippen LogP contribution in [0.3, 0.4) is 0 Å². The number of aromatic nitrogens is 4. The summed E-state index contributed by atoms with van der Waals surface area (Å²) in [5.74, 6) is -1.51. The summed E-state index contributed by atoms with van der Waals surface area (Å²) in [6.07, 6.45) is -8.96. The molecule has 1 atom stereocenters. The molecule has 0 fully saturated rings. The number of benzene rings is 1. The van der Waals surface area contributed by atoms with E-state index in [-0.39, 0.29) is 27.7 Å². The predicted octanol–water partition coefficient (Wildman–Crippen LogP) is 4.35. The first-order valence-electron chi connectivity index (χ1n) is 9.29. The molecule has 0 aliphatic carbocycles. The van der Waals surface area contributed by atoms with Crippen molar-refractivity contribution in [1.29, 1.82) is 0 Å². The maximum atomic E-state index is 13.1. The Labute approximate surface area is 191 Å². The molecule has 1 unspecified atom stereocenters. The van der Waals surface area contributed by atoms with Crippen molar-refractivity contribution in [3.63, 3.8) is 0 Å². The second-order valence-electron chi connectivity index (χ2n) is 6.92. The van der Waals surface area contributed by atoms with Crippen molar-refractivity contribution < 1.29 is 40.7 Å². The molecule has 0 aliphatic heterocycles. The summed E-state index contributed by atoms with van der Waals surface area (Å²) in [7, 11) is 1.18. The third kappa shape index (κ3) is 5.35. The Balaban J connectivity index is 1.93.